The molecule has 0 spiro atoms. The van der Waals surface area contributed by atoms with Gasteiger partial charge in [0.2, 0.25) is 5.91 Å². The van der Waals surface area contributed by atoms with Gasteiger partial charge in [-0.1, -0.05) is 19.1 Å². The normalized spacial score (nSPS) is 11.1. The van der Waals surface area contributed by atoms with E-state index in [1.54, 1.807) is 23.6 Å². The minimum atomic E-state index is -0.924. The van der Waals surface area contributed by atoms with Crippen molar-refractivity contribution in [3.63, 3.8) is 0 Å². The zero-order valence-electron chi connectivity index (χ0n) is 16.4. The fourth-order valence-corrected chi connectivity index (χ4v) is 4.13. The Balaban J connectivity index is 1.77. The highest BCUT2D eigenvalue weighted by molar-refractivity contribution is 7.17. The molecule has 0 fully saturated rings. The Morgan fingerprint density at radius 2 is 1.71 bits per heavy atom. The van der Waals surface area contributed by atoms with Crippen molar-refractivity contribution in [2.24, 2.45) is 0 Å². The molecule has 31 heavy (non-hydrogen) atoms. The number of hydrogen-bond donors (Lipinski definition) is 1. The van der Waals surface area contributed by atoms with Crippen LogP contribution in [0.25, 0.3) is 15.9 Å². The van der Waals surface area contributed by atoms with E-state index in [-0.39, 0.29) is 22.4 Å². The van der Waals surface area contributed by atoms with E-state index < -0.39 is 28.8 Å². The molecule has 2 heterocycles. The Labute approximate surface area is 179 Å². The van der Waals surface area contributed by atoms with Gasteiger partial charge in [-0.15, -0.1) is 11.3 Å². The zero-order chi connectivity index (χ0) is 22.1. The van der Waals surface area contributed by atoms with Crippen molar-refractivity contribution in [2.45, 2.75) is 19.9 Å². The summed E-state index contributed by atoms with van der Waals surface area (Å²) < 4.78 is 29.4. The maximum absolute atomic E-state index is 13.7. The second-order valence-corrected chi connectivity index (χ2v) is 7.79. The second-order valence-electron chi connectivity index (χ2n) is 6.87. The molecule has 0 bridgehead atoms. The molecule has 0 aliphatic heterocycles. The molecule has 4 rings (SSSR count). The number of carbonyl (C=O) groups excluding carboxylic acids is 1. The molecule has 1 amide bonds. The largest absolute Gasteiger partial charge is 0.336 e. The van der Waals surface area contributed by atoms with Crippen molar-refractivity contribution >= 4 is 33.1 Å². The van der Waals surface area contributed by atoms with Gasteiger partial charge in [0.25, 0.3) is 5.56 Å². The fourth-order valence-electron chi connectivity index (χ4n) is 3.30. The number of hydrogen-bond acceptors (Lipinski definition) is 4. The van der Waals surface area contributed by atoms with Crippen molar-refractivity contribution in [3.05, 3.63) is 91.9 Å². The van der Waals surface area contributed by atoms with Gasteiger partial charge in [0.05, 0.1) is 11.2 Å². The van der Waals surface area contributed by atoms with Crippen LogP contribution in [-0.2, 0) is 17.8 Å². The summed E-state index contributed by atoms with van der Waals surface area (Å²) in [4.78, 5) is 38.6. The van der Waals surface area contributed by atoms with E-state index in [2.05, 4.69) is 5.32 Å². The van der Waals surface area contributed by atoms with Crippen molar-refractivity contribution < 1.29 is 13.6 Å². The third-order valence-electron chi connectivity index (χ3n) is 4.81. The fraction of sp³-hybridized carbons (Fsp3) is 0.136. The molecule has 0 saturated heterocycles. The standard InChI is InChI=1S/C22H17F2N3O3S/c1-2-13-3-5-16(6-4-13)25-19(28)12-26-18-7-8-31-20(18)21(29)27(22(26)30)17-10-14(23)9-15(24)11-17/h3-11H,2,12H2,1H3,(H,25,28). The molecule has 158 valence electrons. The van der Waals surface area contributed by atoms with Crippen LogP contribution in [0.3, 0.4) is 0 Å². The van der Waals surface area contributed by atoms with E-state index in [9.17, 15) is 23.2 Å². The third-order valence-corrected chi connectivity index (χ3v) is 5.70. The van der Waals surface area contributed by atoms with Gasteiger partial charge in [-0.2, -0.15) is 0 Å². The average Bonchev–Trinajstić information content (AvgIpc) is 3.21. The van der Waals surface area contributed by atoms with Crippen molar-refractivity contribution in [1.82, 2.24) is 9.13 Å². The number of rotatable bonds is 5. The van der Waals surface area contributed by atoms with Crippen molar-refractivity contribution in [2.75, 3.05) is 5.32 Å². The van der Waals surface area contributed by atoms with Crippen LogP contribution >= 0.6 is 11.3 Å². The number of nitrogens with one attached hydrogen (secondary N) is 1. The number of nitrogens with zero attached hydrogens (tertiary/aromatic N) is 2. The number of fused-ring (bicyclic) bond motifs is 1. The van der Waals surface area contributed by atoms with Crippen LogP contribution in [0.5, 0.6) is 0 Å². The molecule has 4 aromatic rings. The van der Waals surface area contributed by atoms with Crippen LogP contribution in [0, 0.1) is 11.6 Å². The zero-order valence-corrected chi connectivity index (χ0v) is 17.2. The number of carbonyl (C=O) groups is 1. The predicted molar refractivity (Wildman–Crippen MR) is 116 cm³/mol. The molecule has 0 unspecified atom stereocenters. The van der Waals surface area contributed by atoms with Gasteiger partial charge < -0.3 is 5.32 Å². The molecule has 6 nitrogen and oxygen atoms in total. The van der Waals surface area contributed by atoms with E-state index in [4.69, 9.17) is 0 Å². The van der Waals surface area contributed by atoms with Crippen LogP contribution in [0.1, 0.15) is 12.5 Å². The van der Waals surface area contributed by atoms with Gasteiger partial charge in [0, 0.05) is 11.8 Å². The Morgan fingerprint density at radius 3 is 2.35 bits per heavy atom. The lowest BCUT2D eigenvalue weighted by atomic mass is 10.1. The first-order valence-corrected chi connectivity index (χ1v) is 10.3. The van der Waals surface area contributed by atoms with E-state index in [1.807, 2.05) is 19.1 Å². The number of anilines is 1. The first-order valence-electron chi connectivity index (χ1n) is 9.45. The smallest absolute Gasteiger partial charge is 0.325 e. The SMILES string of the molecule is CCc1ccc(NC(=O)Cn2c(=O)n(-c3cc(F)cc(F)c3)c(=O)c3sccc32)cc1. The molecule has 0 radical (unpaired) electrons. The number of aromatic nitrogens is 2. The van der Waals surface area contributed by atoms with Crippen LogP contribution in [0.4, 0.5) is 14.5 Å². The Kier molecular flexibility index (Phi) is 5.51. The van der Waals surface area contributed by atoms with Gasteiger partial charge in [0.15, 0.2) is 0 Å². The highest BCUT2D eigenvalue weighted by Gasteiger charge is 2.18. The number of amides is 1. The number of halogens is 2. The summed E-state index contributed by atoms with van der Waals surface area (Å²) in [6.07, 6.45) is 0.863. The molecule has 2 aromatic heterocycles. The number of aryl methyl sites for hydroxylation is 1. The van der Waals surface area contributed by atoms with Crippen LogP contribution in [0.2, 0.25) is 0 Å². The minimum absolute atomic E-state index is 0.198. The molecule has 9 heteroatoms. The predicted octanol–water partition coefficient (Wildman–Crippen LogP) is 3.69. The lowest BCUT2D eigenvalue weighted by molar-refractivity contribution is -0.116. The van der Waals surface area contributed by atoms with Crippen LogP contribution in [-0.4, -0.2) is 15.0 Å². The topological polar surface area (TPSA) is 73.1 Å². The maximum Gasteiger partial charge on any atom is 0.336 e. The first-order chi connectivity index (χ1) is 14.9. The quantitative estimate of drug-likeness (QED) is 0.513. The molecular weight excluding hydrogens is 424 g/mol. The minimum Gasteiger partial charge on any atom is -0.325 e. The van der Waals surface area contributed by atoms with E-state index in [0.717, 1.165) is 40.0 Å². The molecule has 0 atom stereocenters. The summed E-state index contributed by atoms with van der Waals surface area (Å²) in [5, 5.41) is 4.33. The monoisotopic (exact) mass is 441 g/mol. The highest BCUT2D eigenvalue weighted by atomic mass is 32.1. The van der Waals surface area contributed by atoms with E-state index in [0.29, 0.717) is 16.3 Å². The van der Waals surface area contributed by atoms with Gasteiger partial charge in [0.1, 0.15) is 22.9 Å². The summed E-state index contributed by atoms with van der Waals surface area (Å²) in [5.74, 6) is -2.32. The lowest BCUT2D eigenvalue weighted by Crippen LogP contribution is -2.40. The highest BCUT2D eigenvalue weighted by Crippen LogP contribution is 2.18. The lowest BCUT2D eigenvalue weighted by Gasteiger charge is -2.13. The molecule has 2 aromatic carbocycles. The first kappa shape index (κ1) is 20.7. The summed E-state index contributed by atoms with van der Waals surface area (Å²) >= 11 is 1.08. The van der Waals surface area contributed by atoms with Gasteiger partial charge in [-0.25, -0.2) is 18.1 Å². The summed E-state index contributed by atoms with van der Waals surface area (Å²) in [5.41, 5.74) is 0.154. The van der Waals surface area contributed by atoms with Gasteiger partial charge in [-0.3, -0.25) is 14.2 Å². The van der Waals surface area contributed by atoms with E-state index in [1.165, 1.54) is 0 Å². The molecular formula is C22H17F2N3O3S. The van der Waals surface area contributed by atoms with Crippen molar-refractivity contribution in [1.29, 1.82) is 0 Å². The van der Waals surface area contributed by atoms with Crippen LogP contribution in [0.15, 0.2) is 63.5 Å². The summed E-state index contributed by atoms with van der Waals surface area (Å²) in [6, 6.07) is 11.3. The molecule has 0 aliphatic carbocycles. The average molecular weight is 441 g/mol. The van der Waals surface area contributed by atoms with Gasteiger partial charge in [-0.05, 0) is 47.7 Å². The van der Waals surface area contributed by atoms with Crippen molar-refractivity contribution in [3.8, 4) is 5.69 Å². The van der Waals surface area contributed by atoms with Crippen LogP contribution < -0.4 is 16.6 Å². The Bertz CT molecular complexity index is 1380. The molecule has 0 aliphatic rings. The number of benzene rings is 2. The maximum atomic E-state index is 13.7. The summed E-state index contributed by atoms with van der Waals surface area (Å²) in [7, 11) is 0. The third kappa shape index (κ3) is 4.04. The van der Waals surface area contributed by atoms with E-state index >= 15 is 0 Å². The summed E-state index contributed by atoms with van der Waals surface area (Å²) in [6.45, 7) is 1.64. The second kappa shape index (κ2) is 8.27. The molecule has 1 N–H and O–H groups in total. The van der Waals surface area contributed by atoms with Gasteiger partial charge >= 0.3 is 5.69 Å². The Morgan fingerprint density at radius 1 is 1.03 bits per heavy atom. The molecule has 0 saturated carbocycles. The Hall–Kier alpha value is -3.59. The number of thiophene rings is 1.